The van der Waals surface area contributed by atoms with Gasteiger partial charge in [0.1, 0.15) is 17.4 Å². The maximum Gasteiger partial charge on any atom is 0.224 e. The Hall–Kier alpha value is -1.37. The summed E-state index contributed by atoms with van der Waals surface area (Å²) in [6.07, 6.45) is 0.776. The number of benzene rings is 1. The second kappa shape index (κ2) is 5.99. The van der Waals surface area contributed by atoms with Gasteiger partial charge in [-0.1, -0.05) is 19.1 Å². The van der Waals surface area contributed by atoms with Crippen LogP contribution in [0.2, 0.25) is 0 Å². The van der Waals surface area contributed by atoms with Crippen LogP contribution in [0.4, 0.5) is 5.82 Å². The van der Waals surface area contributed by atoms with Crippen LogP contribution < -0.4 is 10.1 Å². The first kappa shape index (κ1) is 13.1. The lowest BCUT2D eigenvalue weighted by molar-refractivity contribution is 0.456. The second-order valence-electron chi connectivity index (χ2n) is 3.64. The molecule has 0 spiro atoms. The van der Waals surface area contributed by atoms with Gasteiger partial charge in [0, 0.05) is 19.5 Å². The van der Waals surface area contributed by atoms with Gasteiger partial charge in [0.05, 0.1) is 3.57 Å². The van der Waals surface area contributed by atoms with E-state index in [1.807, 2.05) is 38.2 Å². The molecule has 0 aliphatic carbocycles. The Kier molecular flexibility index (Phi) is 4.35. The summed E-state index contributed by atoms with van der Waals surface area (Å²) >= 11 is 2.24. The van der Waals surface area contributed by atoms with E-state index in [1.165, 1.54) is 0 Å². The van der Waals surface area contributed by atoms with Crippen molar-refractivity contribution in [1.82, 2.24) is 9.97 Å². The lowest BCUT2D eigenvalue weighted by Crippen LogP contribution is -2.01. The van der Waals surface area contributed by atoms with Gasteiger partial charge in [-0.3, -0.25) is 0 Å². The summed E-state index contributed by atoms with van der Waals surface area (Å²) in [4.78, 5) is 8.69. The van der Waals surface area contributed by atoms with Gasteiger partial charge in [0.25, 0.3) is 0 Å². The van der Waals surface area contributed by atoms with Crippen molar-refractivity contribution in [3.63, 3.8) is 0 Å². The van der Waals surface area contributed by atoms with Crippen molar-refractivity contribution in [1.29, 1.82) is 0 Å². The van der Waals surface area contributed by atoms with E-state index in [-0.39, 0.29) is 0 Å². The van der Waals surface area contributed by atoms with Gasteiger partial charge < -0.3 is 10.1 Å². The standard InChI is InChI=1S/C13H14IN3O/c1-3-11-16-12(15-2)8-13(17-11)18-10-7-5-4-6-9(10)14/h4-8H,3H2,1-2H3,(H,15,16,17). The first-order valence-corrected chi connectivity index (χ1v) is 6.79. The molecule has 94 valence electrons. The molecule has 0 atom stereocenters. The van der Waals surface area contributed by atoms with E-state index in [4.69, 9.17) is 4.74 Å². The van der Waals surface area contributed by atoms with Crippen molar-refractivity contribution in [2.24, 2.45) is 0 Å². The third kappa shape index (κ3) is 3.10. The lowest BCUT2D eigenvalue weighted by atomic mass is 10.3. The average Bonchev–Trinajstić information content (AvgIpc) is 2.41. The molecule has 0 aliphatic heterocycles. The van der Waals surface area contributed by atoms with Crippen LogP contribution >= 0.6 is 22.6 Å². The van der Waals surface area contributed by atoms with Crippen molar-refractivity contribution in [3.05, 3.63) is 39.7 Å². The largest absolute Gasteiger partial charge is 0.438 e. The zero-order valence-electron chi connectivity index (χ0n) is 10.3. The Morgan fingerprint density at radius 2 is 2.06 bits per heavy atom. The quantitative estimate of drug-likeness (QED) is 0.854. The molecule has 0 bridgehead atoms. The summed E-state index contributed by atoms with van der Waals surface area (Å²) < 4.78 is 6.85. The summed E-state index contributed by atoms with van der Waals surface area (Å²) in [6, 6.07) is 9.64. The monoisotopic (exact) mass is 355 g/mol. The van der Waals surface area contributed by atoms with E-state index in [0.29, 0.717) is 5.88 Å². The van der Waals surface area contributed by atoms with Crippen molar-refractivity contribution in [2.45, 2.75) is 13.3 Å². The molecule has 18 heavy (non-hydrogen) atoms. The number of para-hydroxylation sites is 1. The zero-order chi connectivity index (χ0) is 13.0. The average molecular weight is 355 g/mol. The third-order valence-corrected chi connectivity index (χ3v) is 3.26. The molecule has 0 fully saturated rings. The summed E-state index contributed by atoms with van der Waals surface area (Å²) in [6.45, 7) is 2.02. The molecular weight excluding hydrogens is 341 g/mol. The predicted molar refractivity (Wildman–Crippen MR) is 80.2 cm³/mol. The molecule has 0 saturated carbocycles. The highest BCUT2D eigenvalue weighted by Gasteiger charge is 2.06. The lowest BCUT2D eigenvalue weighted by Gasteiger charge is -2.09. The van der Waals surface area contributed by atoms with Crippen LogP contribution in [0.15, 0.2) is 30.3 Å². The fourth-order valence-corrected chi connectivity index (χ4v) is 1.95. The predicted octanol–water partition coefficient (Wildman–Crippen LogP) is 3.48. The number of hydrogen-bond donors (Lipinski definition) is 1. The molecule has 0 radical (unpaired) electrons. The van der Waals surface area contributed by atoms with Crippen molar-refractivity contribution < 1.29 is 4.74 Å². The number of rotatable bonds is 4. The minimum atomic E-state index is 0.565. The summed E-state index contributed by atoms with van der Waals surface area (Å²) in [5.74, 6) is 2.90. The van der Waals surface area contributed by atoms with Gasteiger partial charge in [0.15, 0.2) is 0 Å². The van der Waals surface area contributed by atoms with E-state index in [1.54, 1.807) is 6.07 Å². The molecule has 0 amide bonds. The second-order valence-corrected chi connectivity index (χ2v) is 4.81. The molecule has 2 aromatic rings. The topological polar surface area (TPSA) is 47.0 Å². The molecule has 0 unspecified atom stereocenters. The first-order valence-electron chi connectivity index (χ1n) is 5.71. The molecule has 1 heterocycles. The van der Waals surface area contributed by atoms with E-state index in [2.05, 4.69) is 37.9 Å². The van der Waals surface area contributed by atoms with E-state index in [9.17, 15) is 0 Å². The van der Waals surface area contributed by atoms with Crippen molar-refractivity contribution in [2.75, 3.05) is 12.4 Å². The van der Waals surface area contributed by atoms with Crippen molar-refractivity contribution in [3.8, 4) is 11.6 Å². The number of nitrogens with zero attached hydrogens (tertiary/aromatic N) is 2. The van der Waals surface area contributed by atoms with Gasteiger partial charge in [-0.2, -0.15) is 4.98 Å². The normalized spacial score (nSPS) is 10.2. The molecule has 5 heteroatoms. The molecule has 1 N–H and O–H groups in total. The summed E-state index contributed by atoms with van der Waals surface area (Å²) in [7, 11) is 1.83. The molecule has 0 saturated heterocycles. The van der Waals surface area contributed by atoms with Gasteiger partial charge in [-0.15, -0.1) is 0 Å². The van der Waals surface area contributed by atoms with E-state index >= 15 is 0 Å². The van der Waals surface area contributed by atoms with Crippen LogP contribution in [0.25, 0.3) is 0 Å². The summed E-state index contributed by atoms with van der Waals surface area (Å²) in [5.41, 5.74) is 0. The third-order valence-electron chi connectivity index (χ3n) is 2.37. The van der Waals surface area contributed by atoms with Crippen LogP contribution in [-0.2, 0) is 6.42 Å². The molecule has 1 aromatic heterocycles. The van der Waals surface area contributed by atoms with E-state index < -0.39 is 0 Å². The fraction of sp³-hybridized carbons (Fsp3) is 0.231. The minimum Gasteiger partial charge on any atom is -0.438 e. The highest BCUT2D eigenvalue weighted by atomic mass is 127. The number of aromatic nitrogens is 2. The van der Waals surface area contributed by atoms with Crippen molar-refractivity contribution >= 4 is 28.4 Å². The molecule has 1 aromatic carbocycles. The first-order chi connectivity index (χ1) is 8.72. The Labute approximate surface area is 120 Å². The van der Waals surface area contributed by atoms with Crippen LogP contribution in [0.3, 0.4) is 0 Å². The highest BCUT2D eigenvalue weighted by Crippen LogP contribution is 2.26. The number of aryl methyl sites for hydroxylation is 1. The Bertz CT molecular complexity index is 523. The van der Waals surface area contributed by atoms with E-state index in [0.717, 1.165) is 27.4 Å². The van der Waals surface area contributed by atoms with Gasteiger partial charge in [-0.25, -0.2) is 4.98 Å². The maximum absolute atomic E-state index is 5.80. The number of ether oxygens (including phenoxy) is 1. The smallest absolute Gasteiger partial charge is 0.224 e. The Morgan fingerprint density at radius 1 is 1.28 bits per heavy atom. The minimum absolute atomic E-state index is 0.565. The number of hydrogen-bond acceptors (Lipinski definition) is 4. The highest BCUT2D eigenvalue weighted by molar-refractivity contribution is 14.1. The number of halogens is 1. The Balaban J connectivity index is 2.31. The molecule has 0 aliphatic rings. The van der Waals surface area contributed by atoms with Gasteiger partial charge >= 0.3 is 0 Å². The van der Waals surface area contributed by atoms with Gasteiger partial charge in [0.2, 0.25) is 5.88 Å². The zero-order valence-corrected chi connectivity index (χ0v) is 12.4. The fourth-order valence-electron chi connectivity index (χ4n) is 1.45. The van der Waals surface area contributed by atoms with Crippen LogP contribution in [0.5, 0.6) is 11.6 Å². The van der Waals surface area contributed by atoms with Crippen LogP contribution in [0, 0.1) is 3.57 Å². The molecule has 2 rings (SSSR count). The van der Waals surface area contributed by atoms with Gasteiger partial charge in [-0.05, 0) is 34.7 Å². The van der Waals surface area contributed by atoms with Crippen LogP contribution in [0.1, 0.15) is 12.7 Å². The number of anilines is 1. The number of nitrogens with one attached hydrogen (secondary N) is 1. The molecular formula is C13H14IN3O. The SMILES string of the molecule is CCc1nc(NC)cc(Oc2ccccc2I)n1. The Morgan fingerprint density at radius 3 is 2.72 bits per heavy atom. The molecule has 4 nitrogen and oxygen atoms in total. The summed E-state index contributed by atoms with van der Waals surface area (Å²) in [5, 5.41) is 3.01. The maximum atomic E-state index is 5.80. The van der Waals surface area contributed by atoms with Crippen LogP contribution in [-0.4, -0.2) is 17.0 Å².